The minimum absolute atomic E-state index is 0.147. The Morgan fingerprint density at radius 2 is 1.64 bits per heavy atom. The van der Waals surface area contributed by atoms with E-state index in [2.05, 4.69) is 16.4 Å². The van der Waals surface area contributed by atoms with Gasteiger partial charge >= 0.3 is 0 Å². The molecule has 2 aromatic carbocycles. The molecule has 0 spiro atoms. The van der Waals surface area contributed by atoms with Gasteiger partial charge in [0.1, 0.15) is 0 Å². The molecule has 8 nitrogen and oxygen atoms in total. The minimum atomic E-state index is -3.49. The Labute approximate surface area is 195 Å². The summed E-state index contributed by atoms with van der Waals surface area (Å²) in [6.07, 6.45) is 6.25. The van der Waals surface area contributed by atoms with E-state index in [4.69, 9.17) is 0 Å². The number of hydrogen-bond donors (Lipinski definition) is 1. The minimum Gasteiger partial charge on any atom is -0.382 e. The Morgan fingerprint density at radius 3 is 2.24 bits per heavy atom. The molecule has 33 heavy (non-hydrogen) atoms. The first-order chi connectivity index (χ1) is 15.6. The second-order valence-electron chi connectivity index (χ2n) is 8.51. The van der Waals surface area contributed by atoms with Crippen LogP contribution in [0.3, 0.4) is 0 Å². The molecule has 176 valence electrons. The van der Waals surface area contributed by atoms with E-state index in [9.17, 15) is 16.8 Å². The molecular weight excluding hydrogens is 460 g/mol. The predicted molar refractivity (Wildman–Crippen MR) is 131 cm³/mol. The maximum Gasteiger partial charge on any atom is 0.242 e. The first-order valence-electron chi connectivity index (χ1n) is 10.7. The molecule has 1 fully saturated rings. The highest BCUT2D eigenvalue weighted by molar-refractivity contribution is 7.89. The fourth-order valence-corrected chi connectivity index (χ4v) is 5.84. The van der Waals surface area contributed by atoms with Crippen LogP contribution in [-0.2, 0) is 20.0 Å². The summed E-state index contributed by atoms with van der Waals surface area (Å²) in [6.45, 7) is 0.988. The van der Waals surface area contributed by atoms with Crippen molar-refractivity contribution in [3.05, 3.63) is 54.9 Å². The van der Waals surface area contributed by atoms with Crippen LogP contribution in [0.5, 0.6) is 0 Å². The molecule has 1 aliphatic heterocycles. The van der Waals surface area contributed by atoms with Crippen LogP contribution >= 0.6 is 0 Å². The lowest BCUT2D eigenvalue weighted by Gasteiger charge is -2.31. The van der Waals surface area contributed by atoms with Crippen LogP contribution < -0.4 is 5.32 Å². The largest absolute Gasteiger partial charge is 0.382 e. The fraction of sp³-hybridized carbons (Fsp3) is 0.348. The van der Waals surface area contributed by atoms with Crippen molar-refractivity contribution in [1.82, 2.24) is 13.6 Å². The second kappa shape index (κ2) is 9.02. The number of anilines is 1. The third kappa shape index (κ3) is 5.03. The molecule has 1 aromatic heterocycles. The molecule has 0 radical (unpaired) electrons. The number of fused-ring (bicyclic) bond motifs is 1. The third-order valence-corrected chi connectivity index (χ3v) is 9.14. The van der Waals surface area contributed by atoms with E-state index in [-0.39, 0.29) is 10.9 Å². The molecular formula is C23H28N4O4S2. The average molecular weight is 489 g/mol. The maximum atomic E-state index is 12.4. The number of piperidine rings is 1. The van der Waals surface area contributed by atoms with Gasteiger partial charge in [0, 0.05) is 56.7 Å². The molecule has 0 amide bonds. The van der Waals surface area contributed by atoms with Crippen LogP contribution in [0.4, 0.5) is 5.69 Å². The first-order valence-corrected chi connectivity index (χ1v) is 14.0. The molecule has 0 saturated carbocycles. The normalized spacial score (nSPS) is 16.4. The van der Waals surface area contributed by atoms with Crippen molar-refractivity contribution < 1.29 is 16.8 Å². The summed E-state index contributed by atoms with van der Waals surface area (Å²) in [4.78, 5) is 4.52. The SMILES string of the molecule is CN(C)S(=O)(=O)c1ccc(-c2cc(NC3CCN(S(C)(=O)=O)CC3)c3cnccc3c2)cc1. The van der Waals surface area contributed by atoms with Crippen molar-refractivity contribution in [2.45, 2.75) is 23.8 Å². The van der Waals surface area contributed by atoms with Gasteiger partial charge in [0.05, 0.1) is 11.2 Å². The van der Waals surface area contributed by atoms with Crippen molar-refractivity contribution in [1.29, 1.82) is 0 Å². The Kier molecular flexibility index (Phi) is 6.45. The molecule has 0 atom stereocenters. The third-order valence-electron chi connectivity index (χ3n) is 6.00. The van der Waals surface area contributed by atoms with E-state index in [1.54, 1.807) is 18.3 Å². The summed E-state index contributed by atoms with van der Waals surface area (Å²) in [6, 6.07) is 13.1. The van der Waals surface area contributed by atoms with Gasteiger partial charge in [-0.2, -0.15) is 0 Å². The number of nitrogens with one attached hydrogen (secondary N) is 1. The van der Waals surface area contributed by atoms with Crippen LogP contribution in [0.25, 0.3) is 21.9 Å². The number of sulfonamides is 2. The van der Waals surface area contributed by atoms with E-state index in [0.29, 0.717) is 13.1 Å². The van der Waals surface area contributed by atoms with Crippen LogP contribution in [-0.4, -0.2) is 69.9 Å². The molecule has 4 rings (SSSR count). The Bertz CT molecular complexity index is 1360. The first kappa shape index (κ1) is 23.6. The van der Waals surface area contributed by atoms with Crippen molar-refractivity contribution in [3.63, 3.8) is 0 Å². The van der Waals surface area contributed by atoms with E-state index >= 15 is 0 Å². The lowest BCUT2D eigenvalue weighted by Crippen LogP contribution is -2.41. The number of hydrogen-bond acceptors (Lipinski definition) is 6. The molecule has 1 saturated heterocycles. The molecule has 1 N–H and O–H groups in total. The van der Waals surface area contributed by atoms with Crippen LogP contribution in [0.2, 0.25) is 0 Å². The molecule has 2 heterocycles. The second-order valence-corrected chi connectivity index (χ2v) is 12.6. The summed E-state index contributed by atoms with van der Waals surface area (Å²) in [5, 5.41) is 5.59. The fourth-order valence-electron chi connectivity index (χ4n) is 4.07. The van der Waals surface area contributed by atoms with Gasteiger partial charge in [0.25, 0.3) is 0 Å². The topological polar surface area (TPSA) is 99.7 Å². The van der Waals surface area contributed by atoms with Crippen LogP contribution in [0.15, 0.2) is 59.8 Å². The highest BCUT2D eigenvalue weighted by atomic mass is 32.2. The lowest BCUT2D eigenvalue weighted by atomic mass is 9.99. The van der Waals surface area contributed by atoms with Crippen LogP contribution in [0.1, 0.15) is 12.8 Å². The monoisotopic (exact) mass is 488 g/mol. The molecule has 0 bridgehead atoms. The van der Waals surface area contributed by atoms with Crippen molar-refractivity contribution in [2.75, 3.05) is 38.8 Å². The molecule has 0 unspecified atom stereocenters. The van der Waals surface area contributed by atoms with E-state index in [1.165, 1.54) is 29.0 Å². The van der Waals surface area contributed by atoms with Crippen molar-refractivity contribution >= 4 is 36.5 Å². The summed E-state index contributed by atoms with van der Waals surface area (Å²) in [7, 11) is -3.63. The van der Waals surface area contributed by atoms with E-state index in [0.717, 1.165) is 40.4 Å². The molecule has 0 aliphatic carbocycles. The van der Waals surface area contributed by atoms with Gasteiger partial charge in [-0.25, -0.2) is 25.4 Å². The average Bonchev–Trinajstić information content (AvgIpc) is 2.79. The smallest absolute Gasteiger partial charge is 0.242 e. The number of rotatable bonds is 6. The Hall–Kier alpha value is -2.53. The number of pyridine rings is 1. The Balaban J connectivity index is 1.64. The van der Waals surface area contributed by atoms with Gasteiger partial charge in [-0.15, -0.1) is 0 Å². The van der Waals surface area contributed by atoms with Crippen molar-refractivity contribution in [3.8, 4) is 11.1 Å². The van der Waals surface area contributed by atoms with Crippen LogP contribution in [0, 0.1) is 0 Å². The molecule has 3 aromatic rings. The highest BCUT2D eigenvalue weighted by Crippen LogP contribution is 2.32. The quantitative estimate of drug-likeness (QED) is 0.573. The Morgan fingerprint density at radius 1 is 0.970 bits per heavy atom. The summed E-state index contributed by atoms with van der Waals surface area (Å²) in [5.74, 6) is 0. The number of nitrogens with zero attached hydrogens (tertiary/aromatic N) is 3. The van der Waals surface area contributed by atoms with Gasteiger partial charge in [-0.1, -0.05) is 12.1 Å². The zero-order valence-corrected chi connectivity index (χ0v) is 20.5. The summed E-state index contributed by atoms with van der Waals surface area (Å²) >= 11 is 0. The molecule has 1 aliphatic rings. The molecule has 10 heteroatoms. The van der Waals surface area contributed by atoms with E-state index < -0.39 is 20.0 Å². The predicted octanol–water partition coefficient (Wildman–Crippen LogP) is 2.99. The standard InChI is InChI=1S/C23H28N4O4S2/c1-26(2)33(30,31)21-6-4-17(5-7-21)19-14-18-8-11-24-16-22(18)23(15-19)25-20-9-12-27(13-10-20)32(3,28)29/h4-8,11,14-16,20,25H,9-10,12-13H2,1-3H3. The highest BCUT2D eigenvalue weighted by Gasteiger charge is 2.25. The van der Waals surface area contributed by atoms with Gasteiger partial charge in [-0.05, 0) is 59.7 Å². The van der Waals surface area contributed by atoms with Crippen molar-refractivity contribution in [2.24, 2.45) is 0 Å². The van der Waals surface area contributed by atoms with Gasteiger partial charge in [0.15, 0.2) is 0 Å². The number of aromatic nitrogens is 1. The van der Waals surface area contributed by atoms with E-state index in [1.807, 2.05) is 30.5 Å². The maximum absolute atomic E-state index is 12.4. The summed E-state index contributed by atoms with van der Waals surface area (Å²) < 4.78 is 51.1. The van der Waals surface area contributed by atoms with Gasteiger partial charge in [-0.3, -0.25) is 4.98 Å². The summed E-state index contributed by atoms with van der Waals surface area (Å²) in [5.41, 5.74) is 2.79. The van der Waals surface area contributed by atoms with Gasteiger partial charge in [0.2, 0.25) is 20.0 Å². The van der Waals surface area contributed by atoms with Gasteiger partial charge < -0.3 is 5.32 Å². The number of benzene rings is 2. The zero-order valence-electron chi connectivity index (χ0n) is 18.9. The lowest BCUT2D eigenvalue weighted by molar-refractivity contribution is 0.332. The zero-order chi connectivity index (χ0) is 23.8.